The van der Waals surface area contributed by atoms with Crippen molar-refractivity contribution in [3.63, 3.8) is 0 Å². The van der Waals surface area contributed by atoms with E-state index in [2.05, 4.69) is 30.3 Å². The number of carboxylic acid groups (broad SMARTS) is 1. The molecule has 26 heavy (non-hydrogen) atoms. The highest BCUT2D eigenvalue weighted by molar-refractivity contribution is 8.00. The van der Waals surface area contributed by atoms with Crippen LogP contribution >= 0.6 is 11.8 Å². The Morgan fingerprint density at radius 1 is 1.50 bits per heavy atom. The Morgan fingerprint density at radius 2 is 2.23 bits per heavy atom. The molecule has 1 fully saturated rings. The molecule has 12 nitrogen and oxygen atoms in total. The molecule has 1 aromatic rings. The number of thioether (sulfide) groups is 1. The Labute approximate surface area is 150 Å². The molecule has 0 aliphatic carbocycles. The number of fused-ring (bicyclic) bond motifs is 1. The summed E-state index contributed by atoms with van der Waals surface area (Å²) in [5.41, 5.74) is 9.17. The SMILES string of the molecule is CC(=O)NC1S[C@@H]2C(c3nonc3C)C(=O)N2C(C(=O)O)=C1CN=[N+]=[N-]. The quantitative estimate of drug-likeness (QED) is 0.321. The number of aliphatic carboxylic acids is 1. The number of carboxylic acids is 1. The van der Waals surface area contributed by atoms with Crippen LogP contribution in [0, 0.1) is 6.92 Å². The van der Waals surface area contributed by atoms with Crippen molar-refractivity contribution in [1.29, 1.82) is 0 Å². The van der Waals surface area contributed by atoms with Gasteiger partial charge in [0.15, 0.2) is 0 Å². The van der Waals surface area contributed by atoms with E-state index in [0.717, 1.165) is 4.90 Å². The predicted molar refractivity (Wildman–Crippen MR) is 86.3 cm³/mol. The topological polar surface area (TPSA) is 174 Å². The largest absolute Gasteiger partial charge is 0.477 e. The second kappa shape index (κ2) is 6.69. The maximum absolute atomic E-state index is 12.6. The molecule has 2 aliphatic heterocycles. The molecular weight excluding hydrogens is 366 g/mol. The van der Waals surface area contributed by atoms with Crippen molar-refractivity contribution >= 4 is 29.5 Å². The minimum Gasteiger partial charge on any atom is -0.477 e. The van der Waals surface area contributed by atoms with E-state index in [4.69, 9.17) is 5.53 Å². The van der Waals surface area contributed by atoms with Gasteiger partial charge in [0, 0.05) is 11.8 Å². The fourth-order valence-corrected chi connectivity index (χ4v) is 4.52. The molecule has 3 atom stereocenters. The average Bonchev–Trinajstić information content (AvgIpc) is 2.97. The molecule has 0 aromatic carbocycles. The van der Waals surface area contributed by atoms with Crippen LogP contribution in [0.15, 0.2) is 21.0 Å². The number of carbonyl (C=O) groups is 3. The molecule has 2 amide bonds. The van der Waals surface area contributed by atoms with Crippen LogP contribution < -0.4 is 5.32 Å². The third-order valence-corrected chi connectivity index (χ3v) is 5.44. The number of amides is 2. The minimum absolute atomic E-state index is 0.147. The molecule has 0 spiro atoms. The van der Waals surface area contributed by atoms with E-state index in [1.807, 2.05) is 0 Å². The van der Waals surface area contributed by atoms with Crippen LogP contribution in [0.4, 0.5) is 0 Å². The number of aryl methyl sites for hydroxylation is 1. The summed E-state index contributed by atoms with van der Waals surface area (Å²) in [6.45, 7) is 2.62. The molecule has 3 rings (SSSR count). The van der Waals surface area contributed by atoms with Crippen molar-refractivity contribution in [2.24, 2.45) is 5.11 Å². The third-order valence-electron chi connectivity index (χ3n) is 4.00. The van der Waals surface area contributed by atoms with Gasteiger partial charge < -0.3 is 10.4 Å². The number of nitrogens with one attached hydrogen (secondary N) is 1. The van der Waals surface area contributed by atoms with Gasteiger partial charge in [-0.25, -0.2) is 9.42 Å². The van der Waals surface area contributed by atoms with Gasteiger partial charge in [-0.2, -0.15) is 0 Å². The Kier molecular flexibility index (Phi) is 4.57. The predicted octanol–water partition coefficient (Wildman–Crippen LogP) is 0.488. The second-order valence-corrected chi connectivity index (χ2v) is 6.82. The number of rotatable bonds is 5. The van der Waals surface area contributed by atoms with E-state index in [1.165, 1.54) is 18.7 Å². The maximum Gasteiger partial charge on any atom is 0.352 e. The first-order valence-electron chi connectivity index (χ1n) is 7.38. The Hall–Kier alpha value is -3.05. The van der Waals surface area contributed by atoms with Gasteiger partial charge in [0.1, 0.15) is 33.8 Å². The van der Waals surface area contributed by atoms with Crippen LogP contribution in [0.25, 0.3) is 10.4 Å². The summed E-state index contributed by atoms with van der Waals surface area (Å²) in [5, 5.41) is 21.7. The number of carbonyl (C=O) groups excluding carboxylic acids is 2. The first kappa shape index (κ1) is 17.8. The molecule has 1 aromatic heterocycles. The number of aromatic nitrogens is 2. The smallest absolute Gasteiger partial charge is 0.352 e. The highest BCUT2D eigenvalue weighted by atomic mass is 32.2. The van der Waals surface area contributed by atoms with Gasteiger partial charge >= 0.3 is 5.97 Å². The summed E-state index contributed by atoms with van der Waals surface area (Å²) >= 11 is 1.17. The fraction of sp³-hybridized carbons (Fsp3) is 0.462. The lowest BCUT2D eigenvalue weighted by Crippen LogP contribution is -2.62. The second-order valence-electron chi connectivity index (χ2n) is 5.60. The lowest BCUT2D eigenvalue weighted by atomic mass is 9.91. The van der Waals surface area contributed by atoms with Crippen LogP contribution in [0.5, 0.6) is 0 Å². The van der Waals surface area contributed by atoms with E-state index in [9.17, 15) is 19.5 Å². The number of azide groups is 1. The fourth-order valence-electron chi connectivity index (χ4n) is 2.93. The third kappa shape index (κ3) is 2.76. The Morgan fingerprint density at radius 3 is 2.77 bits per heavy atom. The van der Waals surface area contributed by atoms with Gasteiger partial charge in [-0.3, -0.25) is 14.5 Å². The highest BCUT2D eigenvalue weighted by Gasteiger charge is 2.57. The molecular formula is C13H13N7O5S. The van der Waals surface area contributed by atoms with Crippen molar-refractivity contribution in [2.75, 3.05) is 6.54 Å². The summed E-state index contributed by atoms with van der Waals surface area (Å²) in [6.07, 6.45) is 0. The van der Waals surface area contributed by atoms with E-state index in [1.54, 1.807) is 6.92 Å². The normalized spacial score (nSPS) is 24.5. The first-order valence-corrected chi connectivity index (χ1v) is 8.33. The van der Waals surface area contributed by atoms with Crippen molar-refractivity contribution in [3.05, 3.63) is 33.1 Å². The Balaban J connectivity index is 2.06. The van der Waals surface area contributed by atoms with Crippen LogP contribution in [-0.2, 0) is 14.4 Å². The van der Waals surface area contributed by atoms with E-state index < -0.39 is 28.5 Å². The molecule has 0 saturated carbocycles. The van der Waals surface area contributed by atoms with Crippen LogP contribution in [0.2, 0.25) is 0 Å². The lowest BCUT2D eigenvalue weighted by molar-refractivity contribution is -0.148. The first-order chi connectivity index (χ1) is 12.4. The molecule has 2 unspecified atom stereocenters. The molecule has 0 bridgehead atoms. The molecule has 0 radical (unpaired) electrons. The van der Waals surface area contributed by atoms with E-state index >= 15 is 0 Å². The molecule has 136 valence electrons. The zero-order valence-corrected chi connectivity index (χ0v) is 14.4. The molecule has 3 heterocycles. The van der Waals surface area contributed by atoms with Gasteiger partial charge in [-0.1, -0.05) is 15.4 Å². The zero-order valence-electron chi connectivity index (χ0n) is 13.6. The summed E-state index contributed by atoms with van der Waals surface area (Å²) in [7, 11) is 0. The summed E-state index contributed by atoms with van der Waals surface area (Å²) in [5.74, 6) is -2.95. The molecule has 13 heteroatoms. The minimum atomic E-state index is -1.35. The average molecular weight is 379 g/mol. The summed E-state index contributed by atoms with van der Waals surface area (Å²) in [4.78, 5) is 39.7. The molecule has 1 saturated heterocycles. The number of hydrogen-bond donors (Lipinski definition) is 2. The van der Waals surface area contributed by atoms with Crippen molar-refractivity contribution in [1.82, 2.24) is 20.5 Å². The maximum atomic E-state index is 12.6. The Bertz CT molecular complexity index is 874. The van der Waals surface area contributed by atoms with Crippen LogP contribution in [0.1, 0.15) is 24.2 Å². The van der Waals surface area contributed by atoms with Gasteiger partial charge in [0.2, 0.25) is 11.8 Å². The van der Waals surface area contributed by atoms with Gasteiger partial charge in [0.05, 0.1) is 6.54 Å². The van der Waals surface area contributed by atoms with E-state index in [0.29, 0.717) is 11.4 Å². The molecule has 2 N–H and O–H groups in total. The van der Waals surface area contributed by atoms with Crippen molar-refractivity contribution in [3.8, 4) is 0 Å². The van der Waals surface area contributed by atoms with E-state index in [-0.39, 0.29) is 23.7 Å². The van der Waals surface area contributed by atoms with Gasteiger partial charge in [0.25, 0.3) is 0 Å². The number of hydrogen-bond acceptors (Lipinski definition) is 8. The number of β-lactam (4-membered cyclic amide) rings is 1. The van der Waals surface area contributed by atoms with Crippen molar-refractivity contribution in [2.45, 2.75) is 30.5 Å². The van der Waals surface area contributed by atoms with Gasteiger partial charge in [-0.15, -0.1) is 11.8 Å². The molecule has 2 aliphatic rings. The number of nitrogens with zero attached hydrogens (tertiary/aromatic N) is 6. The highest BCUT2D eigenvalue weighted by Crippen LogP contribution is 2.50. The summed E-state index contributed by atoms with van der Waals surface area (Å²) < 4.78 is 4.64. The zero-order chi connectivity index (χ0) is 19.0. The van der Waals surface area contributed by atoms with Gasteiger partial charge in [-0.05, 0) is 18.0 Å². The summed E-state index contributed by atoms with van der Waals surface area (Å²) in [6, 6.07) is 0. The lowest BCUT2D eigenvalue weighted by Gasteiger charge is -2.50. The monoisotopic (exact) mass is 379 g/mol. The standard InChI is InChI=1S/C13H13N7O5S/c1-4-8(18-25-17-4)7-11(22)20-9(13(23)24)6(3-15-19-14)10(16-5(2)21)26-12(7)20/h7,10,12H,3H2,1-2H3,(H,16,21)(H,23,24)/t7?,10?,12-/m1/s1. The van der Waals surface area contributed by atoms with Crippen molar-refractivity contribution < 1.29 is 24.1 Å². The van der Waals surface area contributed by atoms with Crippen LogP contribution in [0.3, 0.4) is 0 Å². The van der Waals surface area contributed by atoms with Crippen LogP contribution in [-0.4, -0.2) is 55.4 Å².